The Morgan fingerprint density at radius 1 is 0.778 bits per heavy atom. The highest BCUT2D eigenvalue weighted by Gasteiger charge is 2.28. The molecule has 54 heavy (non-hydrogen) atoms. The molecule has 0 radical (unpaired) electrons. The molecule has 3 aliphatic heterocycles. The highest BCUT2D eigenvalue weighted by atomic mass is 16.5. The van der Waals surface area contributed by atoms with Crippen molar-refractivity contribution in [1.29, 1.82) is 0 Å². The van der Waals surface area contributed by atoms with Crippen LogP contribution in [-0.2, 0) is 30.7 Å². The number of anilines is 3. The molecule has 3 fully saturated rings. The highest BCUT2D eigenvalue weighted by molar-refractivity contribution is 5.88. The van der Waals surface area contributed by atoms with E-state index in [-0.39, 0.29) is 0 Å². The molecular formula is C45H56N8O. The van der Waals surface area contributed by atoms with Crippen LogP contribution in [0.5, 0.6) is 0 Å². The number of aliphatic imine (C=N–C) groups is 1. The molecule has 5 heterocycles. The molecule has 9 nitrogen and oxygen atoms in total. The van der Waals surface area contributed by atoms with Crippen LogP contribution in [0.15, 0.2) is 102 Å². The Bertz CT molecular complexity index is 1870. The van der Waals surface area contributed by atoms with Gasteiger partial charge in [0.25, 0.3) is 0 Å². The first kappa shape index (κ1) is 37.3. The average molecular weight is 725 g/mol. The van der Waals surface area contributed by atoms with Gasteiger partial charge in [-0.05, 0) is 80.7 Å². The second kappa shape index (κ2) is 17.9. The van der Waals surface area contributed by atoms with Crippen LogP contribution in [0, 0.1) is 0 Å². The van der Waals surface area contributed by atoms with Gasteiger partial charge < -0.3 is 24.3 Å². The van der Waals surface area contributed by atoms with Crippen LogP contribution >= 0.6 is 0 Å². The molecule has 2 aromatic heterocycles. The molecule has 0 atom stereocenters. The van der Waals surface area contributed by atoms with E-state index >= 15 is 0 Å². The van der Waals surface area contributed by atoms with Gasteiger partial charge in [-0.3, -0.25) is 0 Å². The summed E-state index contributed by atoms with van der Waals surface area (Å²) >= 11 is 0. The van der Waals surface area contributed by atoms with E-state index in [2.05, 4.69) is 114 Å². The number of aryl methyl sites for hydroxylation is 2. The first-order chi connectivity index (χ1) is 26.5. The summed E-state index contributed by atoms with van der Waals surface area (Å²) in [7, 11) is 0. The molecule has 3 saturated heterocycles. The predicted molar refractivity (Wildman–Crippen MR) is 222 cm³/mol. The van der Waals surface area contributed by atoms with Gasteiger partial charge in [0.1, 0.15) is 11.7 Å². The standard InChI is InChI=1S/C45H56N8O/c1-5-35-11-15-37(16-12-35)32-52(33-38-17-13-36(6-2)14-18-38)45-47-30-39(31-48-45)44(49-34(4)50-22-9-8-10-23-50)41-20-24-53(42(41)7-3)40-19-21-46-43(29-40)51-25-27-54-28-26-51/h7,11-19,21,29-31H,5-6,8-10,20,22-28,32-33H2,1-4H3/b42-7+,44-41-,49-34+. The van der Waals surface area contributed by atoms with E-state index in [1.807, 2.05) is 18.6 Å². The van der Waals surface area contributed by atoms with Crippen LogP contribution in [0.4, 0.5) is 17.5 Å². The molecule has 9 heteroatoms. The quantitative estimate of drug-likeness (QED) is 0.113. The van der Waals surface area contributed by atoms with Crippen LogP contribution in [0.1, 0.15) is 81.2 Å². The fraction of sp³-hybridized carbons (Fsp3) is 0.422. The molecular weight excluding hydrogens is 669 g/mol. The maximum Gasteiger partial charge on any atom is 0.225 e. The third-order valence-electron chi connectivity index (χ3n) is 11.0. The van der Waals surface area contributed by atoms with Gasteiger partial charge >= 0.3 is 0 Å². The Balaban J connectivity index is 1.23. The Morgan fingerprint density at radius 2 is 1.39 bits per heavy atom. The molecule has 2 aromatic carbocycles. The van der Waals surface area contributed by atoms with Crippen LogP contribution in [0.2, 0.25) is 0 Å². The van der Waals surface area contributed by atoms with Crippen molar-refractivity contribution in [3.05, 3.63) is 124 Å². The molecule has 3 aliphatic rings. The molecule has 0 saturated carbocycles. The summed E-state index contributed by atoms with van der Waals surface area (Å²) in [5, 5.41) is 0. The Kier molecular flexibility index (Phi) is 12.3. The van der Waals surface area contributed by atoms with Crippen molar-refractivity contribution >= 4 is 29.0 Å². The number of hydrogen-bond acceptors (Lipinski definition) is 8. The molecule has 282 valence electrons. The number of ether oxygens (including phenoxy) is 1. The zero-order valence-corrected chi connectivity index (χ0v) is 32.7. The van der Waals surface area contributed by atoms with Gasteiger partial charge in [-0.25, -0.2) is 19.9 Å². The van der Waals surface area contributed by atoms with Crippen molar-refractivity contribution in [3.63, 3.8) is 0 Å². The maximum absolute atomic E-state index is 5.61. The summed E-state index contributed by atoms with van der Waals surface area (Å²) in [6.45, 7) is 16.3. The monoisotopic (exact) mass is 724 g/mol. The zero-order valence-electron chi connectivity index (χ0n) is 32.7. The number of aromatic nitrogens is 3. The van der Waals surface area contributed by atoms with Gasteiger partial charge in [-0.1, -0.05) is 68.5 Å². The van der Waals surface area contributed by atoms with Crippen LogP contribution < -0.4 is 14.7 Å². The topological polar surface area (TPSA) is 73.2 Å². The second-order valence-electron chi connectivity index (χ2n) is 14.5. The SMILES string of the molecule is C\C=C1/C(=C(\N=C(/C)N2CCCCC2)c2cnc(N(Cc3ccc(CC)cc3)Cc3ccc(CC)cc3)nc2)CCN1c1ccnc(N2CCOCC2)c1. The summed E-state index contributed by atoms with van der Waals surface area (Å²) in [5.41, 5.74) is 10.6. The number of piperidine rings is 1. The molecule has 0 N–H and O–H groups in total. The highest BCUT2D eigenvalue weighted by Crippen LogP contribution is 2.39. The largest absolute Gasteiger partial charge is 0.378 e. The Morgan fingerprint density at radius 3 is 1.98 bits per heavy atom. The molecule has 0 amide bonds. The summed E-state index contributed by atoms with van der Waals surface area (Å²) in [6, 6.07) is 22.2. The van der Waals surface area contributed by atoms with E-state index in [1.165, 1.54) is 52.8 Å². The van der Waals surface area contributed by atoms with Crippen molar-refractivity contribution < 1.29 is 4.74 Å². The smallest absolute Gasteiger partial charge is 0.225 e. The third kappa shape index (κ3) is 8.84. The Hall–Kier alpha value is -5.02. The van der Waals surface area contributed by atoms with E-state index in [0.29, 0.717) is 5.95 Å². The van der Waals surface area contributed by atoms with E-state index in [4.69, 9.17) is 24.7 Å². The number of benzene rings is 2. The first-order valence-corrected chi connectivity index (χ1v) is 20.0. The normalized spacial score (nSPS) is 18.4. The van der Waals surface area contributed by atoms with E-state index in [9.17, 15) is 0 Å². The minimum Gasteiger partial charge on any atom is -0.378 e. The number of allylic oxidation sites excluding steroid dienone is 2. The molecule has 0 unspecified atom stereocenters. The first-order valence-electron chi connectivity index (χ1n) is 20.0. The van der Waals surface area contributed by atoms with Crippen molar-refractivity contribution in [1.82, 2.24) is 19.9 Å². The third-order valence-corrected chi connectivity index (χ3v) is 11.0. The van der Waals surface area contributed by atoms with Gasteiger partial charge in [0, 0.05) is 93.0 Å². The van der Waals surface area contributed by atoms with Gasteiger partial charge in [-0.15, -0.1) is 0 Å². The molecule has 7 rings (SSSR count). The zero-order chi connectivity index (χ0) is 37.3. The maximum atomic E-state index is 5.61. The lowest BCUT2D eigenvalue weighted by atomic mass is 10.1. The number of hydrogen-bond donors (Lipinski definition) is 0. The van der Waals surface area contributed by atoms with Gasteiger partial charge in [0.05, 0.1) is 18.9 Å². The number of amidine groups is 1. The Labute approximate surface area is 322 Å². The number of rotatable bonds is 11. The van der Waals surface area contributed by atoms with E-state index in [1.54, 1.807) is 0 Å². The fourth-order valence-corrected chi connectivity index (χ4v) is 7.78. The van der Waals surface area contributed by atoms with Crippen molar-refractivity contribution in [2.45, 2.75) is 79.3 Å². The lowest BCUT2D eigenvalue weighted by Gasteiger charge is -2.29. The average Bonchev–Trinajstić information content (AvgIpc) is 3.68. The minimum atomic E-state index is 0.714. The van der Waals surface area contributed by atoms with Crippen LogP contribution in [-0.4, -0.2) is 71.6 Å². The summed E-state index contributed by atoms with van der Waals surface area (Å²) in [4.78, 5) is 29.8. The predicted octanol–water partition coefficient (Wildman–Crippen LogP) is 8.47. The van der Waals surface area contributed by atoms with Gasteiger partial charge in [0.2, 0.25) is 5.95 Å². The van der Waals surface area contributed by atoms with Gasteiger partial charge in [0.15, 0.2) is 0 Å². The lowest BCUT2D eigenvalue weighted by Crippen LogP contribution is -2.36. The summed E-state index contributed by atoms with van der Waals surface area (Å²) < 4.78 is 5.61. The lowest BCUT2D eigenvalue weighted by molar-refractivity contribution is 0.122. The summed E-state index contributed by atoms with van der Waals surface area (Å²) in [6.07, 6.45) is 14.8. The van der Waals surface area contributed by atoms with Crippen molar-refractivity contribution in [2.75, 3.05) is 60.6 Å². The van der Waals surface area contributed by atoms with Gasteiger partial charge in [-0.2, -0.15) is 0 Å². The van der Waals surface area contributed by atoms with E-state index < -0.39 is 0 Å². The number of nitrogens with zero attached hydrogens (tertiary/aromatic N) is 8. The molecule has 0 aliphatic carbocycles. The number of likely N-dealkylation sites (tertiary alicyclic amines) is 1. The summed E-state index contributed by atoms with van der Waals surface area (Å²) in [5.74, 6) is 2.77. The van der Waals surface area contributed by atoms with Crippen molar-refractivity contribution in [2.24, 2.45) is 4.99 Å². The van der Waals surface area contributed by atoms with E-state index in [0.717, 1.165) is 107 Å². The number of morpholine rings is 1. The van der Waals surface area contributed by atoms with Crippen molar-refractivity contribution in [3.8, 4) is 0 Å². The molecule has 0 bridgehead atoms. The molecule has 0 spiro atoms. The van der Waals surface area contributed by atoms with Crippen LogP contribution in [0.25, 0.3) is 5.70 Å². The fourth-order valence-electron chi connectivity index (χ4n) is 7.78. The molecule has 4 aromatic rings. The minimum absolute atomic E-state index is 0.714. The second-order valence-corrected chi connectivity index (χ2v) is 14.5. The number of pyridine rings is 1. The van der Waals surface area contributed by atoms with Crippen LogP contribution in [0.3, 0.4) is 0 Å².